The van der Waals surface area contributed by atoms with Gasteiger partial charge in [0.05, 0.1) is 13.3 Å². The molecule has 0 saturated heterocycles. The monoisotopic (exact) mass is 531 g/mol. The summed E-state index contributed by atoms with van der Waals surface area (Å²) in [6, 6.07) is 13.4. The first-order valence-corrected chi connectivity index (χ1v) is 11.5. The lowest BCUT2D eigenvalue weighted by molar-refractivity contribution is -0.142. The lowest BCUT2D eigenvalue weighted by Crippen LogP contribution is -2.43. The molecule has 0 radical (unpaired) electrons. The van der Waals surface area contributed by atoms with Crippen molar-refractivity contribution in [2.45, 2.75) is 18.6 Å². The van der Waals surface area contributed by atoms with E-state index < -0.39 is 25.5 Å². The fourth-order valence-electron chi connectivity index (χ4n) is 2.65. The van der Waals surface area contributed by atoms with Gasteiger partial charge in [0.2, 0.25) is 0 Å². The number of esters is 1. The summed E-state index contributed by atoms with van der Waals surface area (Å²) in [7, 11) is 0.753. The number of carbonyl (C=O) groups is 2. The van der Waals surface area contributed by atoms with Gasteiger partial charge in [-0.25, -0.2) is 4.79 Å². The molecule has 7 nitrogen and oxygen atoms in total. The van der Waals surface area contributed by atoms with Crippen LogP contribution < -0.4 is 5.32 Å². The van der Waals surface area contributed by atoms with Crippen molar-refractivity contribution in [2.24, 2.45) is 0 Å². The first-order valence-electron chi connectivity index (χ1n) is 8.73. The predicted octanol–water partition coefficient (Wildman–Crippen LogP) is 3.79. The second-order valence-electron chi connectivity index (χ2n) is 6.18. The Hall–Kier alpha value is -1.74. The van der Waals surface area contributed by atoms with E-state index in [0.717, 1.165) is 9.13 Å². The zero-order valence-electron chi connectivity index (χ0n) is 16.4. The summed E-state index contributed by atoms with van der Waals surface area (Å²) in [5.74, 6) is -0.921. The number of hydrogen-bond donors (Lipinski definition) is 1. The van der Waals surface area contributed by atoms with Gasteiger partial charge in [-0.05, 0) is 51.9 Å². The number of halogens is 1. The van der Waals surface area contributed by atoms with Gasteiger partial charge in [0, 0.05) is 29.8 Å². The topological polar surface area (TPSA) is 90.9 Å². The van der Waals surface area contributed by atoms with Gasteiger partial charge in [-0.1, -0.05) is 30.3 Å². The van der Waals surface area contributed by atoms with Crippen LogP contribution in [0.2, 0.25) is 0 Å². The van der Waals surface area contributed by atoms with Crippen molar-refractivity contribution in [3.8, 4) is 0 Å². The van der Waals surface area contributed by atoms with Crippen molar-refractivity contribution >= 4 is 42.1 Å². The zero-order valence-corrected chi connectivity index (χ0v) is 19.4. The van der Waals surface area contributed by atoms with Crippen LogP contribution in [0, 0.1) is 3.57 Å². The van der Waals surface area contributed by atoms with Crippen LogP contribution >= 0.6 is 30.2 Å². The number of rotatable bonds is 9. The number of ether oxygens (including phenoxy) is 1. The van der Waals surface area contributed by atoms with Crippen molar-refractivity contribution in [3.63, 3.8) is 0 Å². The number of hydrogen-bond acceptors (Lipinski definition) is 6. The van der Waals surface area contributed by atoms with E-state index >= 15 is 0 Å². The van der Waals surface area contributed by atoms with Crippen LogP contribution in [0.15, 0.2) is 48.5 Å². The van der Waals surface area contributed by atoms with E-state index in [-0.39, 0.29) is 6.16 Å². The summed E-state index contributed by atoms with van der Waals surface area (Å²) in [5, 5.41) is 2.73. The Morgan fingerprint density at radius 2 is 1.66 bits per heavy atom. The second kappa shape index (κ2) is 10.9. The average Bonchev–Trinajstić information content (AvgIpc) is 2.74. The minimum atomic E-state index is -3.19. The van der Waals surface area contributed by atoms with Crippen molar-refractivity contribution in [2.75, 3.05) is 21.3 Å². The third-order valence-electron chi connectivity index (χ3n) is 4.32. The van der Waals surface area contributed by atoms with E-state index in [1.54, 1.807) is 24.3 Å². The van der Waals surface area contributed by atoms with Crippen LogP contribution in [-0.2, 0) is 35.7 Å². The molecule has 0 saturated carbocycles. The maximum atomic E-state index is 12.6. The quantitative estimate of drug-likeness (QED) is 0.301. The fourth-order valence-corrected chi connectivity index (χ4v) is 4.32. The average molecular weight is 531 g/mol. The predicted molar refractivity (Wildman–Crippen MR) is 118 cm³/mol. The van der Waals surface area contributed by atoms with Gasteiger partial charge in [0.25, 0.3) is 5.91 Å². The van der Waals surface area contributed by atoms with Gasteiger partial charge in [0.15, 0.2) is 0 Å². The lowest BCUT2D eigenvalue weighted by atomic mass is 10.1. The molecule has 0 aromatic heterocycles. The molecule has 9 heteroatoms. The molecule has 2 rings (SSSR count). The molecular weight excluding hydrogens is 508 g/mol. The Labute approximate surface area is 183 Å². The van der Waals surface area contributed by atoms with Crippen molar-refractivity contribution < 1.29 is 27.9 Å². The van der Waals surface area contributed by atoms with Gasteiger partial charge in [-0.15, -0.1) is 0 Å². The van der Waals surface area contributed by atoms with Gasteiger partial charge >= 0.3 is 13.6 Å². The highest BCUT2D eigenvalue weighted by atomic mass is 127. The van der Waals surface area contributed by atoms with E-state index in [4.69, 9.17) is 13.8 Å². The molecule has 0 aliphatic heterocycles. The van der Waals surface area contributed by atoms with E-state index in [1.807, 2.05) is 24.3 Å². The third kappa shape index (κ3) is 6.64. The Kier molecular flexibility index (Phi) is 8.82. The molecule has 1 amide bonds. The van der Waals surface area contributed by atoms with E-state index in [1.165, 1.54) is 21.3 Å². The minimum Gasteiger partial charge on any atom is -0.467 e. The number of amides is 1. The maximum Gasteiger partial charge on any atom is 0.334 e. The molecule has 0 heterocycles. The minimum absolute atomic E-state index is 0.0964. The van der Waals surface area contributed by atoms with Crippen LogP contribution in [0.1, 0.15) is 21.5 Å². The molecule has 1 atom stereocenters. The van der Waals surface area contributed by atoms with Crippen molar-refractivity contribution in [1.29, 1.82) is 0 Å². The molecule has 0 unspecified atom stereocenters. The number of benzene rings is 2. The van der Waals surface area contributed by atoms with Crippen LogP contribution in [0.4, 0.5) is 0 Å². The summed E-state index contributed by atoms with van der Waals surface area (Å²) in [5.41, 5.74) is 2.01. The summed E-state index contributed by atoms with van der Waals surface area (Å²) < 4.78 is 27.9. The zero-order chi connectivity index (χ0) is 21.4. The molecule has 2 aromatic rings. The number of carbonyl (C=O) groups excluding carboxylic acids is 2. The van der Waals surface area contributed by atoms with Crippen molar-refractivity contribution in [3.05, 3.63) is 68.8 Å². The first kappa shape index (κ1) is 23.5. The normalized spacial score (nSPS) is 12.3. The molecule has 1 N–H and O–H groups in total. The summed E-state index contributed by atoms with van der Waals surface area (Å²) in [6.45, 7) is 0. The molecule has 156 valence electrons. The fraction of sp³-hybridized carbons (Fsp3) is 0.300. The van der Waals surface area contributed by atoms with Gasteiger partial charge < -0.3 is 19.1 Å². The van der Waals surface area contributed by atoms with Crippen LogP contribution in [0.25, 0.3) is 0 Å². The highest BCUT2D eigenvalue weighted by Crippen LogP contribution is 2.49. The van der Waals surface area contributed by atoms with Gasteiger partial charge in [0.1, 0.15) is 6.04 Å². The highest BCUT2D eigenvalue weighted by Gasteiger charge is 2.24. The Morgan fingerprint density at radius 3 is 2.21 bits per heavy atom. The Morgan fingerprint density at radius 1 is 1.03 bits per heavy atom. The lowest BCUT2D eigenvalue weighted by Gasteiger charge is -2.18. The Bertz CT molecular complexity index is 894. The van der Waals surface area contributed by atoms with E-state index in [0.29, 0.717) is 17.5 Å². The van der Waals surface area contributed by atoms with Crippen LogP contribution in [0.5, 0.6) is 0 Å². The molecule has 0 bridgehead atoms. The largest absolute Gasteiger partial charge is 0.467 e. The number of methoxy groups -OCH3 is 1. The SMILES string of the molecule is COC(=O)[C@H](Cc1ccccc1I)NC(=O)c1ccc(CP(=O)(OC)OC)cc1. The molecular formula is C20H23INO6P. The van der Waals surface area contributed by atoms with Gasteiger partial charge in [-0.2, -0.15) is 0 Å². The van der Waals surface area contributed by atoms with Gasteiger partial charge in [-0.3, -0.25) is 9.36 Å². The standard InChI is InChI=1S/C20H23INO6P/c1-26-20(24)18(12-16-6-4-5-7-17(16)21)22-19(23)15-10-8-14(9-11-15)13-29(25,27-2)28-3/h4-11,18H,12-13H2,1-3H3,(H,22,23)/t18-/m0/s1. The van der Waals surface area contributed by atoms with E-state index in [2.05, 4.69) is 27.9 Å². The summed E-state index contributed by atoms with van der Waals surface area (Å²) in [4.78, 5) is 24.8. The second-order valence-corrected chi connectivity index (χ2v) is 9.61. The third-order valence-corrected chi connectivity index (χ3v) is 7.24. The molecule has 0 spiro atoms. The van der Waals surface area contributed by atoms with Crippen LogP contribution in [0.3, 0.4) is 0 Å². The number of nitrogens with one attached hydrogen (secondary N) is 1. The molecule has 0 fully saturated rings. The highest BCUT2D eigenvalue weighted by molar-refractivity contribution is 14.1. The summed E-state index contributed by atoms with van der Waals surface area (Å²) in [6.07, 6.45) is 0.416. The smallest absolute Gasteiger partial charge is 0.334 e. The maximum absolute atomic E-state index is 12.6. The molecule has 0 aliphatic carbocycles. The summed E-state index contributed by atoms with van der Waals surface area (Å²) >= 11 is 2.19. The molecule has 29 heavy (non-hydrogen) atoms. The molecule has 0 aliphatic rings. The molecule has 2 aromatic carbocycles. The Balaban J connectivity index is 2.12. The van der Waals surface area contributed by atoms with Crippen LogP contribution in [-0.4, -0.2) is 39.2 Å². The first-order chi connectivity index (χ1) is 13.8. The van der Waals surface area contributed by atoms with Crippen molar-refractivity contribution in [1.82, 2.24) is 5.32 Å². The van der Waals surface area contributed by atoms with E-state index in [9.17, 15) is 14.2 Å².